The topological polar surface area (TPSA) is 72.5 Å². The van der Waals surface area contributed by atoms with E-state index in [1.54, 1.807) is 13.0 Å². The molecule has 0 amide bonds. The van der Waals surface area contributed by atoms with E-state index in [0.29, 0.717) is 72.7 Å². The number of hydrogen-bond acceptors (Lipinski definition) is 7. The first kappa shape index (κ1) is 22.0. The Hall–Kier alpha value is -0.990. The average Bonchev–Trinajstić information content (AvgIpc) is 2.54. The smallest absolute Gasteiger partial charge is 0.308 e. The number of ether oxygens (including phenoxy) is 6. The lowest BCUT2D eigenvalue weighted by Gasteiger charge is -2.07. The fourth-order valence-electron chi connectivity index (χ4n) is 1.43. The van der Waals surface area contributed by atoms with Crippen LogP contribution in [-0.4, -0.2) is 78.6 Å². The van der Waals surface area contributed by atoms with E-state index in [1.165, 1.54) is 0 Å². The molecular weight excluding hydrogens is 304 g/mol. The van der Waals surface area contributed by atoms with Gasteiger partial charge in [-0.1, -0.05) is 6.08 Å². The first-order valence-corrected chi connectivity index (χ1v) is 7.96. The van der Waals surface area contributed by atoms with Crippen molar-refractivity contribution < 1.29 is 33.2 Å². The van der Waals surface area contributed by atoms with Crippen molar-refractivity contribution in [1.29, 1.82) is 0 Å². The summed E-state index contributed by atoms with van der Waals surface area (Å²) in [6, 6.07) is 0. The summed E-state index contributed by atoms with van der Waals surface area (Å²) in [4.78, 5) is 11.0. The molecule has 136 valence electrons. The van der Waals surface area contributed by atoms with Gasteiger partial charge in [0.15, 0.2) is 0 Å². The van der Waals surface area contributed by atoms with Gasteiger partial charge in [0.1, 0.15) is 0 Å². The van der Waals surface area contributed by atoms with E-state index in [1.807, 2.05) is 0 Å². The van der Waals surface area contributed by atoms with Crippen LogP contribution in [0.25, 0.3) is 0 Å². The Kier molecular flexibility index (Phi) is 18.2. The molecule has 0 aliphatic rings. The van der Waals surface area contributed by atoms with E-state index in [2.05, 4.69) is 6.58 Å². The summed E-state index contributed by atoms with van der Waals surface area (Å²) >= 11 is 0. The third-order valence-corrected chi connectivity index (χ3v) is 2.48. The second-order valence-electron chi connectivity index (χ2n) is 4.37. The Labute approximate surface area is 138 Å². The molecule has 0 radical (unpaired) electrons. The molecule has 0 atom stereocenters. The highest BCUT2D eigenvalue weighted by molar-refractivity contribution is 5.69. The maximum absolute atomic E-state index is 11.0. The van der Waals surface area contributed by atoms with Crippen molar-refractivity contribution in [1.82, 2.24) is 0 Å². The zero-order valence-electron chi connectivity index (χ0n) is 14.1. The molecule has 0 fully saturated rings. The molecule has 0 aromatic heterocycles. The van der Waals surface area contributed by atoms with Gasteiger partial charge in [0, 0.05) is 0 Å². The van der Waals surface area contributed by atoms with Crippen LogP contribution in [0.3, 0.4) is 0 Å². The largest absolute Gasteiger partial charge is 0.466 e. The molecular formula is C16H30O7. The third kappa shape index (κ3) is 19.0. The highest BCUT2D eigenvalue weighted by Crippen LogP contribution is 1.89. The number of rotatable bonds is 18. The van der Waals surface area contributed by atoms with Crippen molar-refractivity contribution >= 4 is 5.97 Å². The van der Waals surface area contributed by atoms with Crippen LogP contribution in [0.1, 0.15) is 13.3 Å². The lowest BCUT2D eigenvalue weighted by Crippen LogP contribution is -2.14. The molecule has 0 rings (SSSR count). The maximum atomic E-state index is 11.0. The molecule has 7 heteroatoms. The van der Waals surface area contributed by atoms with Gasteiger partial charge < -0.3 is 28.4 Å². The Balaban J connectivity index is 3.02. The Morgan fingerprint density at radius 2 is 1.22 bits per heavy atom. The van der Waals surface area contributed by atoms with Crippen molar-refractivity contribution in [2.45, 2.75) is 13.3 Å². The van der Waals surface area contributed by atoms with Crippen LogP contribution in [-0.2, 0) is 33.2 Å². The van der Waals surface area contributed by atoms with E-state index < -0.39 is 0 Å². The minimum Gasteiger partial charge on any atom is -0.466 e. The monoisotopic (exact) mass is 334 g/mol. The van der Waals surface area contributed by atoms with Crippen molar-refractivity contribution in [2.75, 3.05) is 72.7 Å². The van der Waals surface area contributed by atoms with E-state index in [4.69, 9.17) is 28.4 Å². The number of esters is 1. The zero-order chi connectivity index (χ0) is 17.0. The SMILES string of the molecule is C=CCOCCOCCOCCOCCOCCC(=O)OCC. The molecule has 7 nitrogen and oxygen atoms in total. The second kappa shape index (κ2) is 19.1. The van der Waals surface area contributed by atoms with Crippen LogP contribution in [0.2, 0.25) is 0 Å². The fourth-order valence-corrected chi connectivity index (χ4v) is 1.43. The minimum absolute atomic E-state index is 0.240. The molecule has 0 bridgehead atoms. The van der Waals surface area contributed by atoms with Crippen molar-refractivity contribution in [3.05, 3.63) is 12.7 Å². The highest BCUT2D eigenvalue weighted by atomic mass is 16.6. The Bertz CT molecular complexity index is 271. The second-order valence-corrected chi connectivity index (χ2v) is 4.37. The van der Waals surface area contributed by atoms with E-state index >= 15 is 0 Å². The standard InChI is InChI=1S/C16H30O7/c1-3-6-18-8-10-20-12-14-22-15-13-21-11-9-19-7-5-16(17)23-4-2/h3H,1,4-15H2,2H3. The lowest BCUT2D eigenvalue weighted by molar-refractivity contribution is -0.144. The zero-order valence-corrected chi connectivity index (χ0v) is 14.1. The summed E-state index contributed by atoms with van der Waals surface area (Å²) in [5, 5.41) is 0. The quantitative estimate of drug-likeness (QED) is 0.212. The van der Waals surface area contributed by atoms with E-state index in [-0.39, 0.29) is 12.4 Å². The predicted octanol–water partition coefficient (Wildman–Crippen LogP) is 1.21. The van der Waals surface area contributed by atoms with Crippen LogP contribution in [0.4, 0.5) is 0 Å². The van der Waals surface area contributed by atoms with Crippen molar-refractivity contribution in [3.8, 4) is 0 Å². The van der Waals surface area contributed by atoms with Gasteiger partial charge in [0.25, 0.3) is 0 Å². The van der Waals surface area contributed by atoms with Gasteiger partial charge in [-0.2, -0.15) is 0 Å². The molecule has 0 aromatic carbocycles. The van der Waals surface area contributed by atoms with Gasteiger partial charge in [-0.15, -0.1) is 6.58 Å². The molecule has 0 unspecified atom stereocenters. The molecule has 0 spiro atoms. The molecule has 0 aliphatic carbocycles. The van der Waals surface area contributed by atoms with Crippen LogP contribution in [0.15, 0.2) is 12.7 Å². The van der Waals surface area contributed by atoms with Crippen LogP contribution < -0.4 is 0 Å². The number of carbonyl (C=O) groups is 1. The molecule has 0 aromatic rings. The van der Waals surface area contributed by atoms with Gasteiger partial charge in [-0.25, -0.2) is 0 Å². The van der Waals surface area contributed by atoms with Gasteiger partial charge in [-0.05, 0) is 6.92 Å². The van der Waals surface area contributed by atoms with Crippen LogP contribution in [0.5, 0.6) is 0 Å². The summed E-state index contributed by atoms with van der Waals surface area (Å²) in [5.41, 5.74) is 0. The Morgan fingerprint density at radius 3 is 1.65 bits per heavy atom. The molecule has 0 aliphatic heterocycles. The normalized spacial score (nSPS) is 10.7. The van der Waals surface area contributed by atoms with Crippen LogP contribution >= 0.6 is 0 Å². The summed E-state index contributed by atoms with van der Waals surface area (Å²) in [5.74, 6) is -0.240. The number of carbonyl (C=O) groups excluding carboxylic acids is 1. The lowest BCUT2D eigenvalue weighted by atomic mass is 10.5. The van der Waals surface area contributed by atoms with Gasteiger partial charge >= 0.3 is 5.97 Å². The van der Waals surface area contributed by atoms with Gasteiger partial charge in [-0.3, -0.25) is 4.79 Å². The molecule has 0 saturated carbocycles. The summed E-state index contributed by atoms with van der Waals surface area (Å²) in [7, 11) is 0. The van der Waals surface area contributed by atoms with E-state index in [0.717, 1.165) is 0 Å². The molecule has 0 heterocycles. The van der Waals surface area contributed by atoms with Crippen LogP contribution in [0, 0.1) is 0 Å². The fraction of sp³-hybridized carbons (Fsp3) is 0.812. The molecule has 23 heavy (non-hydrogen) atoms. The average molecular weight is 334 g/mol. The highest BCUT2D eigenvalue weighted by Gasteiger charge is 2.00. The summed E-state index contributed by atoms with van der Waals surface area (Å²) in [6.07, 6.45) is 1.98. The van der Waals surface area contributed by atoms with Gasteiger partial charge in [0.2, 0.25) is 0 Å². The van der Waals surface area contributed by atoms with Crippen molar-refractivity contribution in [2.24, 2.45) is 0 Å². The van der Waals surface area contributed by atoms with Gasteiger partial charge in [0.05, 0.1) is 79.1 Å². The first-order chi connectivity index (χ1) is 11.3. The summed E-state index contributed by atoms with van der Waals surface area (Å²) < 4.78 is 31.2. The third-order valence-electron chi connectivity index (χ3n) is 2.48. The van der Waals surface area contributed by atoms with Crippen molar-refractivity contribution in [3.63, 3.8) is 0 Å². The predicted molar refractivity (Wildman–Crippen MR) is 85.5 cm³/mol. The van der Waals surface area contributed by atoms with E-state index in [9.17, 15) is 4.79 Å². The Morgan fingerprint density at radius 1 is 0.783 bits per heavy atom. The molecule has 0 N–H and O–H groups in total. The maximum Gasteiger partial charge on any atom is 0.308 e. The summed E-state index contributed by atoms with van der Waals surface area (Å²) in [6.45, 7) is 10.8. The first-order valence-electron chi connectivity index (χ1n) is 7.96. The number of hydrogen-bond donors (Lipinski definition) is 0. The minimum atomic E-state index is -0.240. The molecule has 0 saturated heterocycles.